The first-order valence-electron chi connectivity index (χ1n) is 5.09. The molecule has 1 aliphatic rings. The Labute approximate surface area is 102 Å². The number of hydrogen-bond donors (Lipinski definition) is 2. The summed E-state index contributed by atoms with van der Waals surface area (Å²) < 4.78 is 4.99. The van der Waals surface area contributed by atoms with E-state index in [1.165, 1.54) is 17.0 Å². The zero-order valence-electron chi connectivity index (χ0n) is 8.85. The molecular formula is C10H11ClN2O4. The standard InChI is InChI=1S/C10H11ClN2O4/c11-8-2-1-7(17-8)9(14)13-4-3-12-5-6(13)10(15)16/h1-2,6,12H,3-5H2,(H,15,16). The quantitative estimate of drug-likeness (QED) is 0.804. The Bertz CT molecular complexity index is 445. The fourth-order valence-corrected chi connectivity index (χ4v) is 1.88. The molecule has 2 heterocycles. The third kappa shape index (κ3) is 2.42. The van der Waals surface area contributed by atoms with Crippen LogP contribution >= 0.6 is 11.6 Å². The van der Waals surface area contributed by atoms with Crippen LogP contribution in [-0.2, 0) is 4.79 Å². The van der Waals surface area contributed by atoms with Gasteiger partial charge in [0, 0.05) is 19.6 Å². The number of carbonyl (C=O) groups is 2. The second kappa shape index (κ2) is 4.77. The predicted octanol–water partition coefficient (Wildman–Crippen LogP) is 0.432. The fourth-order valence-electron chi connectivity index (χ4n) is 1.74. The number of hydrogen-bond acceptors (Lipinski definition) is 4. The highest BCUT2D eigenvalue weighted by molar-refractivity contribution is 6.29. The normalized spacial score (nSPS) is 20.3. The lowest BCUT2D eigenvalue weighted by atomic mass is 10.2. The van der Waals surface area contributed by atoms with Gasteiger partial charge in [0.25, 0.3) is 5.91 Å². The highest BCUT2D eigenvalue weighted by Gasteiger charge is 2.33. The van der Waals surface area contributed by atoms with Gasteiger partial charge in [-0.1, -0.05) is 0 Å². The Morgan fingerprint density at radius 1 is 1.53 bits per heavy atom. The van der Waals surface area contributed by atoms with Crippen molar-refractivity contribution >= 4 is 23.5 Å². The van der Waals surface area contributed by atoms with E-state index in [9.17, 15) is 9.59 Å². The summed E-state index contributed by atoms with van der Waals surface area (Å²) in [4.78, 5) is 24.3. The van der Waals surface area contributed by atoms with Gasteiger partial charge in [0.2, 0.25) is 0 Å². The molecule has 0 aromatic carbocycles. The largest absolute Gasteiger partial charge is 0.480 e. The number of nitrogens with zero attached hydrogens (tertiary/aromatic N) is 1. The van der Waals surface area contributed by atoms with Crippen LogP contribution in [0.3, 0.4) is 0 Å². The van der Waals surface area contributed by atoms with Crippen LogP contribution < -0.4 is 5.32 Å². The summed E-state index contributed by atoms with van der Waals surface area (Å²) in [5.41, 5.74) is 0. The molecule has 17 heavy (non-hydrogen) atoms. The molecule has 92 valence electrons. The highest BCUT2D eigenvalue weighted by atomic mass is 35.5. The first-order chi connectivity index (χ1) is 8.09. The molecule has 0 radical (unpaired) electrons. The molecule has 1 amide bonds. The number of aliphatic carboxylic acids is 1. The van der Waals surface area contributed by atoms with E-state index in [2.05, 4.69) is 5.32 Å². The summed E-state index contributed by atoms with van der Waals surface area (Å²) in [6, 6.07) is 2.01. The molecule has 1 aliphatic heterocycles. The Balaban J connectivity index is 2.19. The Morgan fingerprint density at radius 2 is 2.29 bits per heavy atom. The highest BCUT2D eigenvalue weighted by Crippen LogP contribution is 2.17. The van der Waals surface area contributed by atoms with Crippen molar-refractivity contribution in [2.24, 2.45) is 0 Å². The van der Waals surface area contributed by atoms with Crippen LogP contribution in [0.25, 0.3) is 0 Å². The molecule has 1 atom stereocenters. The van der Waals surface area contributed by atoms with Crippen LogP contribution in [0.1, 0.15) is 10.6 Å². The topological polar surface area (TPSA) is 82.8 Å². The lowest BCUT2D eigenvalue weighted by Gasteiger charge is -2.32. The van der Waals surface area contributed by atoms with Gasteiger partial charge in [0.05, 0.1) is 0 Å². The van der Waals surface area contributed by atoms with Gasteiger partial charge in [-0.3, -0.25) is 4.79 Å². The second-order valence-electron chi connectivity index (χ2n) is 3.66. The van der Waals surface area contributed by atoms with Crippen molar-refractivity contribution < 1.29 is 19.1 Å². The average molecular weight is 259 g/mol. The third-order valence-corrected chi connectivity index (χ3v) is 2.78. The number of rotatable bonds is 2. The number of halogens is 1. The molecule has 0 aliphatic carbocycles. The van der Waals surface area contributed by atoms with Gasteiger partial charge in [-0.15, -0.1) is 0 Å². The van der Waals surface area contributed by atoms with E-state index in [0.29, 0.717) is 13.1 Å². The van der Waals surface area contributed by atoms with Crippen LogP contribution in [-0.4, -0.2) is 47.6 Å². The van der Waals surface area contributed by atoms with Gasteiger partial charge in [-0.2, -0.15) is 0 Å². The van der Waals surface area contributed by atoms with Crippen molar-refractivity contribution in [2.75, 3.05) is 19.6 Å². The number of piperazine rings is 1. The molecular weight excluding hydrogens is 248 g/mol. The Hall–Kier alpha value is -1.53. The number of amides is 1. The summed E-state index contributed by atoms with van der Waals surface area (Å²) in [5.74, 6) is -1.43. The number of furan rings is 1. The van der Waals surface area contributed by atoms with Crippen LogP contribution in [0.4, 0.5) is 0 Å². The number of carboxylic acid groups (broad SMARTS) is 1. The summed E-state index contributed by atoms with van der Waals surface area (Å²) in [6.07, 6.45) is 0. The van der Waals surface area contributed by atoms with Crippen molar-refractivity contribution in [3.63, 3.8) is 0 Å². The lowest BCUT2D eigenvalue weighted by molar-refractivity contribution is -0.142. The SMILES string of the molecule is O=C(O)C1CNCCN1C(=O)c1ccc(Cl)o1. The molecule has 6 nitrogen and oxygen atoms in total. The van der Waals surface area contributed by atoms with Crippen LogP contribution in [0, 0.1) is 0 Å². The van der Waals surface area contributed by atoms with Gasteiger partial charge in [-0.05, 0) is 23.7 Å². The average Bonchev–Trinajstić information content (AvgIpc) is 2.75. The molecule has 0 spiro atoms. The van der Waals surface area contributed by atoms with Crippen LogP contribution in [0.2, 0.25) is 5.22 Å². The smallest absolute Gasteiger partial charge is 0.327 e. The number of carbonyl (C=O) groups excluding carboxylic acids is 1. The fraction of sp³-hybridized carbons (Fsp3) is 0.400. The van der Waals surface area contributed by atoms with E-state index in [1.807, 2.05) is 0 Å². The Kier molecular flexibility index (Phi) is 3.35. The molecule has 2 N–H and O–H groups in total. The van der Waals surface area contributed by atoms with Gasteiger partial charge >= 0.3 is 5.97 Å². The van der Waals surface area contributed by atoms with E-state index < -0.39 is 17.9 Å². The summed E-state index contributed by atoms with van der Waals surface area (Å²) in [7, 11) is 0. The molecule has 7 heteroatoms. The maximum absolute atomic E-state index is 12.0. The zero-order valence-corrected chi connectivity index (χ0v) is 9.61. The Morgan fingerprint density at radius 3 is 2.88 bits per heavy atom. The maximum Gasteiger partial charge on any atom is 0.327 e. The summed E-state index contributed by atoms with van der Waals surface area (Å²) in [5, 5.41) is 12.1. The molecule has 1 saturated heterocycles. The molecule has 2 rings (SSSR count). The van der Waals surface area contributed by atoms with Gasteiger partial charge in [-0.25, -0.2) is 4.79 Å². The minimum absolute atomic E-state index is 0.0585. The predicted molar refractivity (Wildman–Crippen MR) is 59.0 cm³/mol. The lowest BCUT2D eigenvalue weighted by Crippen LogP contribution is -2.56. The van der Waals surface area contributed by atoms with E-state index in [4.69, 9.17) is 21.1 Å². The molecule has 1 fully saturated rings. The van der Waals surface area contributed by atoms with Gasteiger partial charge in [0.15, 0.2) is 11.0 Å². The summed E-state index contributed by atoms with van der Waals surface area (Å²) in [6.45, 7) is 1.12. The number of carboxylic acids is 1. The van der Waals surface area contributed by atoms with Crippen molar-refractivity contribution in [2.45, 2.75) is 6.04 Å². The van der Waals surface area contributed by atoms with Crippen molar-refractivity contribution in [1.29, 1.82) is 0 Å². The first kappa shape index (κ1) is 11.9. The molecule has 1 aromatic heterocycles. The monoisotopic (exact) mass is 258 g/mol. The van der Waals surface area contributed by atoms with Crippen LogP contribution in [0.5, 0.6) is 0 Å². The van der Waals surface area contributed by atoms with Crippen molar-refractivity contribution in [3.8, 4) is 0 Å². The van der Waals surface area contributed by atoms with Gasteiger partial charge in [0.1, 0.15) is 6.04 Å². The molecule has 1 aromatic rings. The van der Waals surface area contributed by atoms with E-state index >= 15 is 0 Å². The van der Waals surface area contributed by atoms with E-state index in [0.717, 1.165) is 0 Å². The molecule has 0 bridgehead atoms. The minimum Gasteiger partial charge on any atom is -0.480 e. The van der Waals surface area contributed by atoms with Gasteiger partial charge < -0.3 is 19.7 Å². The third-order valence-electron chi connectivity index (χ3n) is 2.57. The zero-order chi connectivity index (χ0) is 12.4. The first-order valence-corrected chi connectivity index (χ1v) is 5.47. The molecule has 0 saturated carbocycles. The van der Waals surface area contributed by atoms with Crippen LogP contribution in [0.15, 0.2) is 16.5 Å². The van der Waals surface area contributed by atoms with E-state index in [1.54, 1.807) is 0 Å². The second-order valence-corrected chi connectivity index (χ2v) is 4.03. The van der Waals surface area contributed by atoms with Crippen molar-refractivity contribution in [3.05, 3.63) is 23.1 Å². The van der Waals surface area contributed by atoms with Crippen molar-refractivity contribution in [1.82, 2.24) is 10.2 Å². The number of nitrogens with one attached hydrogen (secondary N) is 1. The minimum atomic E-state index is -1.04. The summed E-state index contributed by atoms with van der Waals surface area (Å²) >= 11 is 5.58. The van der Waals surface area contributed by atoms with E-state index in [-0.39, 0.29) is 17.5 Å². The molecule has 1 unspecified atom stereocenters. The maximum atomic E-state index is 12.0.